The molecule has 2 heteroatoms. The Kier molecular flexibility index (Phi) is 2.47. The second-order valence-electron chi connectivity index (χ2n) is 2.68. The van der Waals surface area contributed by atoms with Gasteiger partial charge in [0.25, 0.3) is 0 Å². The van der Waals surface area contributed by atoms with Crippen LogP contribution < -0.4 is 5.73 Å². The summed E-state index contributed by atoms with van der Waals surface area (Å²) in [5.74, 6) is 0. The van der Waals surface area contributed by atoms with E-state index < -0.39 is 6.17 Å². The summed E-state index contributed by atoms with van der Waals surface area (Å²) >= 11 is 0. The molecule has 0 amide bonds. The van der Waals surface area contributed by atoms with Crippen molar-refractivity contribution in [3.8, 4) is 0 Å². The third-order valence-corrected chi connectivity index (χ3v) is 1.56. The van der Waals surface area contributed by atoms with Crippen LogP contribution in [0.25, 0.3) is 0 Å². The van der Waals surface area contributed by atoms with Crippen LogP contribution in [-0.4, -0.2) is 6.17 Å². The first-order chi connectivity index (χ1) is 5.20. The molecule has 0 aliphatic rings. The van der Waals surface area contributed by atoms with Gasteiger partial charge in [-0.05, 0) is 18.6 Å². The number of nitrogen functional groups attached to an aromatic ring is 1. The number of hydrogen-bond donors (Lipinski definition) is 1. The summed E-state index contributed by atoms with van der Waals surface area (Å²) in [6.07, 6.45) is -0.410. The predicted molar refractivity (Wildman–Crippen MR) is 45.1 cm³/mol. The molecular weight excluding hydrogens is 141 g/mol. The molecular formula is C9H12FN. The minimum atomic E-state index is -0.820. The second kappa shape index (κ2) is 3.37. The maximum Gasteiger partial charge on any atom is 0.101 e. The smallest absolute Gasteiger partial charge is 0.101 e. The van der Waals surface area contributed by atoms with Crippen molar-refractivity contribution in [2.24, 2.45) is 0 Å². The number of anilines is 1. The highest BCUT2D eigenvalue weighted by Gasteiger charge is 2.02. The molecule has 1 aromatic rings. The van der Waals surface area contributed by atoms with E-state index in [1.807, 2.05) is 18.2 Å². The fourth-order valence-electron chi connectivity index (χ4n) is 1.02. The van der Waals surface area contributed by atoms with Crippen LogP contribution in [-0.2, 0) is 6.42 Å². The molecule has 1 rings (SSSR count). The lowest BCUT2D eigenvalue weighted by Gasteiger charge is -2.04. The number of benzene rings is 1. The molecule has 0 saturated heterocycles. The molecule has 0 fully saturated rings. The third-order valence-electron chi connectivity index (χ3n) is 1.56. The minimum Gasteiger partial charge on any atom is -0.399 e. The minimum absolute atomic E-state index is 0.409. The van der Waals surface area contributed by atoms with E-state index in [9.17, 15) is 4.39 Å². The molecule has 0 heterocycles. The van der Waals surface area contributed by atoms with E-state index in [1.54, 1.807) is 6.07 Å². The molecule has 1 aromatic carbocycles. The van der Waals surface area contributed by atoms with Crippen molar-refractivity contribution in [3.63, 3.8) is 0 Å². The topological polar surface area (TPSA) is 26.0 Å². The molecule has 0 bridgehead atoms. The van der Waals surface area contributed by atoms with Crippen molar-refractivity contribution in [2.75, 3.05) is 5.73 Å². The van der Waals surface area contributed by atoms with Gasteiger partial charge in [-0.2, -0.15) is 0 Å². The molecule has 0 radical (unpaired) electrons. The molecule has 1 atom stereocenters. The standard InChI is InChI=1S/C9H12FN/c1-7(10)6-8-4-2-3-5-9(8)11/h2-5,7H,6,11H2,1H3. The van der Waals surface area contributed by atoms with Gasteiger partial charge in [-0.15, -0.1) is 0 Å². The lowest BCUT2D eigenvalue weighted by molar-refractivity contribution is 0.360. The van der Waals surface area contributed by atoms with Gasteiger partial charge in [0.05, 0.1) is 0 Å². The van der Waals surface area contributed by atoms with E-state index in [4.69, 9.17) is 5.73 Å². The van der Waals surface area contributed by atoms with Gasteiger partial charge < -0.3 is 5.73 Å². The van der Waals surface area contributed by atoms with Crippen molar-refractivity contribution in [1.29, 1.82) is 0 Å². The zero-order valence-corrected chi connectivity index (χ0v) is 6.55. The van der Waals surface area contributed by atoms with Crippen LogP contribution in [0.4, 0.5) is 10.1 Å². The maximum absolute atomic E-state index is 12.5. The summed E-state index contributed by atoms with van der Waals surface area (Å²) < 4.78 is 12.5. The molecule has 0 aromatic heterocycles. The Morgan fingerprint density at radius 1 is 1.45 bits per heavy atom. The third kappa shape index (κ3) is 2.22. The maximum atomic E-state index is 12.5. The van der Waals surface area contributed by atoms with E-state index in [2.05, 4.69) is 0 Å². The Hall–Kier alpha value is -1.05. The molecule has 60 valence electrons. The first-order valence-electron chi connectivity index (χ1n) is 3.67. The Labute approximate surface area is 66.0 Å². The van der Waals surface area contributed by atoms with Gasteiger partial charge in [-0.1, -0.05) is 18.2 Å². The van der Waals surface area contributed by atoms with E-state index in [0.717, 1.165) is 5.56 Å². The molecule has 11 heavy (non-hydrogen) atoms. The molecule has 1 nitrogen and oxygen atoms in total. The lowest BCUT2D eigenvalue weighted by Crippen LogP contribution is -2.01. The Morgan fingerprint density at radius 3 is 2.64 bits per heavy atom. The molecule has 0 aliphatic carbocycles. The van der Waals surface area contributed by atoms with Crippen molar-refractivity contribution >= 4 is 5.69 Å². The van der Waals surface area contributed by atoms with Crippen LogP contribution in [0.3, 0.4) is 0 Å². The molecule has 0 saturated carbocycles. The van der Waals surface area contributed by atoms with Gasteiger partial charge in [-0.25, -0.2) is 4.39 Å². The number of nitrogens with two attached hydrogens (primary N) is 1. The average Bonchev–Trinajstić information content (AvgIpc) is 1.93. The van der Waals surface area contributed by atoms with Crippen LogP contribution in [0.5, 0.6) is 0 Å². The van der Waals surface area contributed by atoms with Crippen LogP contribution in [0.15, 0.2) is 24.3 Å². The van der Waals surface area contributed by atoms with E-state index >= 15 is 0 Å². The predicted octanol–water partition coefficient (Wildman–Crippen LogP) is 2.17. The van der Waals surface area contributed by atoms with Crippen LogP contribution in [0.1, 0.15) is 12.5 Å². The van der Waals surface area contributed by atoms with Crippen molar-refractivity contribution in [1.82, 2.24) is 0 Å². The van der Waals surface area contributed by atoms with Crippen LogP contribution in [0.2, 0.25) is 0 Å². The summed E-state index contributed by atoms with van der Waals surface area (Å²) in [5, 5.41) is 0. The molecule has 0 spiro atoms. The van der Waals surface area contributed by atoms with Gasteiger partial charge in [0.15, 0.2) is 0 Å². The van der Waals surface area contributed by atoms with Gasteiger partial charge in [0.2, 0.25) is 0 Å². The second-order valence-corrected chi connectivity index (χ2v) is 2.68. The van der Waals surface area contributed by atoms with Gasteiger partial charge in [-0.3, -0.25) is 0 Å². The summed E-state index contributed by atoms with van der Waals surface area (Å²) in [6, 6.07) is 7.36. The van der Waals surface area contributed by atoms with E-state index in [-0.39, 0.29) is 0 Å². The lowest BCUT2D eigenvalue weighted by atomic mass is 10.1. The highest BCUT2D eigenvalue weighted by atomic mass is 19.1. The number of rotatable bonds is 2. The first kappa shape index (κ1) is 8.05. The van der Waals surface area contributed by atoms with Gasteiger partial charge in [0.1, 0.15) is 6.17 Å². The number of para-hydroxylation sites is 1. The zero-order chi connectivity index (χ0) is 8.27. The molecule has 2 N–H and O–H groups in total. The quantitative estimate of drug-likeness (QED) is 0.647. The highest BCUT2D eigenvalue weighted by molar-refractivity contribution is 5.46. The largest absolute Gasteiger partial charge is 0.399 e. The fraction of sp³-hybridized carbons (Fsp3) is 0.333. The summed E-state index contributed by atoms with van der Waals surface area (Å²) in [7, 11) is 0. The number of alkyl halides is 1. The van der Waals surface area contributed by atoms with Crippen molar-refractivity contribution < 1.29 is 4.39 Å². The number of hydrogen-bond acceptors (Lipinski definition) is 1. The fourth-order valence-corrected chi connectivity index (χ4v) is 1.02. The van der Waals surface area contributed by atoms with Crippen LogP contribution in [0, 0.1) is 0 Å². The van der Waals surface area contributed by atoms with Crippen LogP contribution >= 0.6 is 0 Å². The van der Waals surface area contributed by atoms with E-state index in [1.165, 1.54) is 6.92 Å². The summed E-state index contributed by atoms with van der Waals surface area (Å²) in [5.41, 5.74) is 7.17. The zero-order valence-electron chi connectivity index (χ0n) is 6.55. The monoisotopic (exact) mass is 153 g/mol. The van der Waals surface area contributed by atoms with Crippen molar-refractivity contribution in [3.05, 3.63) is 29.8 Å². The first-order valence-corrected chi connectivity index (χ1v) is 3.67. The summed E-state index contributed by atoms with van der Waals surface area (Å²) in [6.45, 7) is 1.53. The molecule has 0 aliphatic heterocycles. The Balaban J connectivity index is 2.78. The van der Waals surface area contributed by atoms with Gasteiger partial charge in [0, 0.05) is 12.1 Å². The molecule has 1 unspecified atom stereocenters. The highest BCUT2D eigenvalue weighted by Crippen LogP contribution is 2.13. The summed E-state index contributed by atoms with van der Waals surface area (Å²) in [4.78, 5) is 0. The SMILES string of the molecule is CC(F)Cc1ccccc1N. The Morgan fingerprint density at radius 2 is 2.09 bits per heavy atom. The van der Waals surface area contributed by atoms with Crippen molar-refractivity contribution in [2.45, 2.75) is 19.5 Å². The number of halogens is 1. The average molecular weight is 153 g/mol. The normalized spacial score (nSPS) is 12.9. The van der Waals surface area contributed by atoms with Gasteiger partial charge >= 0.3 is 0 Å². The van der Waals surface area contributed by atoms with E-state index in [0.29, 0.717) is 12.1 Å². The Bertz CT molecular complexity index is 233.